The molecule has 1 aromatic carbocycles. The Bertz CT molecular complexity index is 404. The van der Waals surface area contributed by atoms with Gasteiger partial charge in [0.15, 0.2) is 0 Å². The molecule has 0 atom stereocenters. The smallest absolute Gasteiger partial charge is 0.222 e. The average Bonchev–Trinajstić information content (AvgIpc) is 2.29. The molecule has 4 heteroatoms. The van der Waals surface area contributed by atoms with Crippen LogP contribution in [0.4, 0.5) is 5.69 Å². The van der Waals surface area contributed by atoms with Crippen LogP contribution in [0.1, 0.15) is 12.0 Å². The number of hydrogen-bond acceptors (Lipinski definition) is 2. The van der Waals surface area contributed by atoms with E-state index in [9.17, 15) is 4.79 Å². The van der Waals surface area contributed by atoms with Crippen LogP contribution >= 0.6 is 11.6 Å². The van der Waals surface area contributed by atoms with Crippen LogP contribution in [0, 0.1) is 6.92 Å². The Balaban J connectivity index is 2.35. The molecule has 0 aliphatic rings. The van der Waals surface area contributed by atoms with Gasteiger partial charge in [0.05, 0.1) is 0 Å². The third-order valence-corrected chi connectivity index (χ3v) is 2.53. The number of halogens is 1. The molecule has 0 aliphatic carbocycles. The second kappa shape index (κ2) is 6.97. The van der Waals surface area contributed by atoms with Crippen molar-refractivity contribution in [3.05, 3.63) is 41.4 Å². The van der Waals surface area contributed by atoms with E-state index in [1.54, 1.807) is 6.08 Å². The lowest BCUT2D eigenvalue weighted by atomic mass is 10.2. The van der Waals surface area contributed by atoms with Crippen LogP contribution in [-0.2, 0) is 4.79 Å². The Morgan fingerprint density at radius 2 is 2.29 bits per heavy atom. The number of hydrogen-bond donors (Lipinski definition) is 2. The Hall–Kier alpha value is -1.48. The number of carbonyl (C=O) groups is 1. The maximum atomic E-state index is 11.3. The summed E-state index contributed by atoms with van der Waals surface area (Å²) in [4.78, 5) is 11.3. The zero-order valence-electron chi connectivity index (χ0n) is 9.92. The van der Waals surface area contributed by atoms with Crippen LogP contribution in [-0.4, -0.2) is 19.0 Å². The maximum absolute atomic E-state index is 11.3. The van der Waals surface area contributed by atoms with E-state index in [0.717, 1.165) is 16.3 Å². The minimum atomic E-state index is 0.0176. The highest BCUT2D eigenvalue weighted by atomic mass is 35.5. The number of rotatable bonds is 6. The molecule has 1 aromatic rings. The number of amides is 1. The predicted octanol–water partition coefficient (Wildman–Crippen LogP) is 2.75. The van der Waals surface area contributed by atoms with Crippen molar-refractivity contribution in [2.24, 2.45) is 0 Å². The summed E-state index contributed by atoms with van der Waals surface area (Å²) in [6.07, 6.45) is 2.10. The fourth-order valence-electron chi connectivity index (χ4n) is 1.41. The van der Waals surface area contributed by atoms with Crippen molar-refractivity contribution in [2.45, 2.75) is 13.3 Å². The van der Waals surface area contributed by atoms with E-state index in [-0.39, 0.29) is 5.91 Å². The number of carbonyl (C=O) groups excluding carboxylic acids is 1. The summed E-state index contributed by atoms with van der Waals surface area (Å²) in [5.74, 6) is 0.0176. The van der Waals surface area contributed by atoms with Gasteiger partial charge in [0.1, 0.15) is 0 Å². The molecular formula is C13H17ClN2O. The molecule has 92 valence electrons. The van der Waals surface area contributed by atoms with E-state index >= 15 is 0 Å². The Kier molecular flexibility index (Phi) is 5.57. The first-order valence-electron chi connectivity index (χ1n) is 5.51. The minimum absolute atomic E-state index is 0.0176. The first-order valence-corrected chi connectivity index (χ1v) is 5.89. The molecule has 17 heavy (non-hydrogen) atoms. The zero-order valence-corrected chi connectivity index (χ0v) is 10.7. The van der Waals surface area contributed by atoms with Gasteiger partial charge in [-0.05, 0) is 30.7 Å². The Morgan fingerprint density at radius 1 is 1.53 bits per heavy atom. The van der Waals surface area contributed by atoms with Gasteiger partial charge in [-0.15, -0.1) is 6.58 Å². The van der Waals surface area contributed by atoms with Gasteiger partial charge in [0.2, 0.25) is 5.91 Å². The molecule has 0 bridgehead atoms. The summed E-state index contributed by atoms with van der Waals surface area (Å²) in [6, 6.07) is 5.63. The fourth-order valence-corrected chi connectivity index (χ4v) is 1.64. The Morgan fingerprint density at radius 3 is 2.94 bits per heavy atom. The fraction of sp³-hybridized carbons (Fsp3) is 0.308. The lowest BCUT2D eigenvalue weighted by Crippen LogP contribution is -2.25. The molecular weight excluding hydrogens is 236 g/mol. The van der Waals surface area contributed by atoms with Crippen molar-refractivity contribution in [1.29, 1.82) is 0 Å². The van der Waals surface area contributed by atoms with Crippen molar-refractivity contribution in [1.82, 2.24) is 5.32 Å². The van der Waals surface area contributed by atoms with Crippen molar-refractivity contribution < 1.29 is 4.79 Å². The van der Waals surface area contributed by atoms with Crippen LogP contribution in [0.3, 0.4) is 0 Å². The second-order valence-electron chi connectivity index (χ2n) is 3.73. The first-order chi connectivity index (χ1) is 8.13. The molecule has 0 saturated carbocycles. The standard InChI is InChI=1S/C13H17ClN2O/c1-3-7-16-13(17)6-8-15-12-5-4-11(14)9-10(12)2/h3-5,9,15H,1,6-8H2,2H3,(H,16,17). The van der Waals surface area contributed by atoms with Gasteiger partial charge in [-0.1, -0.05) is 17.7 Å². The van der Waals surface area contributed by atoms with E-state index in [1.807, 2.05) is 25.1 Å². The van der Waals surface area contributed by atoms with E-state index in [1.165, 1.54) is 0 Å². The number of aryl methyl sites for hydroxylation is 1. The molecule has 3 nitrogen and oxygen atoms in total. The van der Waals surface area contributed by atoms with Crippen molar-refractivity contribution in [3.8, 4) is 0 Å². The lowest BCUT2D eigenvalue weighted by Gasteiger charge is -2.09. The van der Waals surface area contributed by atoms with Crippen LogP contribution in [0.15, 0.2) is 30.9 Å². The summed E-state index contributed by atoms with van der Waals surface area (Å²) in [5.41, 5.74) is 2.08. The number of anilines is 1. The molecule has 0 unspecified atom stereocenters. The maximum Gasteiger partial charge on any atom is 0.222 e. The van der Waals surface area contributed by atoms with Gasteiger partial charge >= 0.3 is 0 Å². The van der Waals surface area contributed by atoms with Crippen molar-refractivity contribution in [3.63, 3.8) is 0 Å². The first kappa shape index (κ1) is 13.6. The van der Waals surface area contributed by atoms with Gasteiger partial charge in [-0.3, -0.25) is 4.79 Å². The summed E-state index contributed by atoms with van der Waals surface area (Å²) in [5, 5.41) is 6.65. The molecule has 1 amide bonds. The minimum Gasteiger partial charge on any atom is -0.384 e. The number of benzene rings is 1. The van der Waals surface area contributed by atoms with Crippen LogP contribution in [0.2, 0.25) is 5.02 Å². The largest absolute Gasteiger partial charge is 0.384 e. The second-order valence-corrected chi connectivity index (χ2v) is 4.17. The summed E-state index contributed by atoms with van der Waals surface area (Å²) in [7, 11) is 0. The number of nitrogens with one attached hydrogen (secondary N) is 2. The molecule has 0 heterocycles. The predicted molar refractivity (Wildman–Crippen MR) is 72.5 cm³/mol. The highest BCUT2D eigenvalue weighted by Gasteiger charge is 2.01. The topological polar surface area (TPSA) is 41.1 Å². The normalized spacial score (nSPS) is 9.76. The third-order valence-electron chi connectivity index (χ3n) is 2.30. The van der Waals surface area contributed by atoms with Gasteiger partial charge in [0.25, 0.3) is 0 Å². The molecule has 0 radical (unpaired) electrons. The van der Waals surface area contributed by atoms with E-state index < -0.39 is 0 Å². The molecule has 0 saturated heterocycles. The van der Waals surface area contributed by atoms with Gasteiger partial charge in [-0.2, -0.15) is 0 Å². The third kappa shape index (κ3) is 4.91. The SMILES string of the molecule is C=CCNC(=O)CCNc1ccc(Cl)cc1C. The van der Waals surface area contributed by atoms with Crippen molar-refractivity contribution >= 4 is 23.2 Å². The van der Waals surface area contributed by atoms with Crippen molar-refractivity contribution in [2.75, 3.05) is 18.4 Å². The quantitative estimate of drug-likeness (QED) is 0.765. The molecule has 2 N–H and O–H groups in total. The molecule has 0 aliphatic heterocycles. The summed E-state index contributed by atoms with van der Waals surface area (Å²) in [6.45, 7) is 6.63. The van der Waals surface area contributed by atoms with Crippen LogP contribution in [0.5, 0.6) is 0 Å². The summed E-state index contributed by atoms with van der Waals surface area (Å²) < 4.78 is 0. The highest BCUT2D eigenvalue weighted by Crippen LogP contribution is 2.19. The summed E-state index contributed by atoms with van der Waals surface area (Å²) >= 11 is 5.86. The molecule has 1 rings (SSSR count). The average molecular weight is 253 g/mol. The zero-order chi connectivity index (χ0) is 12.7. The highest BCUT2D eigenvalue weighted by molar-refractivity contribution is 6.30. The van der Waals surface area contributed by atoms with Gasteiger partial charge < -0.3 is 10.6 Å². The van der Waals surface area contributed by atoms with E-state index in [4.69, 9.17) is 11.6 Å². The lowest BCUT2D eigenvalue weighted by molar-refractivity contribution is -0.120. The molecule has 0 aromatic heterocycles. The van der Waals surface area contributed by atoms with Gasteiger partial charge in [-0.25, -0.2) is 0 Å². The van der Waals surface area contributed by atoms with Gasteiger partial charge in [0, 0.05) is 30.2 Å². The Labute approximate surface area is 107 Å². The van der Waals surface area contributed by atoms with Crippen LogP contribution < -0.4 is 10.6 Å². The molecule has 0 spiro atoms. The van der Waals surface area contributed by atoms with E-state index in [2.05, 4.69) is 17.2 Å². The monoisotopic (exact) mass is 252 g/mol. The molecule has 0 fully saturated rings. The van der Waals surface area contributed by atoms with E-state index in [0.29, 0.717) is 19.5 Å². The van der Waals surface area contributed by atoms with Crippen LogP contribution in [0.25, 0.3) is 0 Å².